The molecular weight excluding hydrogens is 364 g/mol. The van der Waals surface area contributed by atoms with E-state index in [1.807, 2.05) is 42.5 Å². The third-order valence-corrected chi connectivity index (χ3v) is 4.59. The lowest BCUT2D eigenvalue weighted by molar-refractivity contribution is -0.138. The van der Waals surface area contributed by atoms with Crippen LogP contribution in [0, 0.1) is 0 Å². The number of halogens is 1. The molecule has 1 aliphatic heterocycles. The van der Waals surface area contributed by atoms with Crippen molar-refractivity contribution in [2.75, 3.05) is 11.9 Å². The number of fused-ring (bicyclic) bond motifs is 1. The Kier molecular flexibility index (Phi) is 4.64. The highest BCUT2D eigenvalue weighted by Gasteiger charge is 2.36. The highest BCUT2D eigenvalue weighted by molar-refractivity contribution is 6.30. The summed E-state index contributed by atoms with van der Waals surface area (Å²) in [6.07, 6.45) is 1.46. The molecule has 2 heterocycles. The zero-order chi connectivity index (χ0) is 18.8. The van der Waals surface area contributed by atoms with Crippen molar-refractivity contribution in [2.45, 2.75) is 13.0 Å². The van der Waals surface area contributed by atoms with E-state index in [1.54, 1.807) is 23.7 Å². The first-order valence-electron chi connectivity index (χ1n) is 8.57. The quantitative estimate of drug-likeness (QED) is 0.695. The molecule has 1 atom stereocenters. The van der Waals surface area contributed by atoms with E-state index in [2.05, 4.69) is 15.4 Å². The van der Waals surface area contributed by atoms with Gasteiger partial charge in [0.1, 0.15) is 12.4 Å². The molecule has 0 unspecified atom stereocenters. The number of hydrogen-bond donors (Lipinski definition) is 1. The first-order valence-corrected chi connectivity index (χ1v) is 8.95. The van der Waals surface area contributed by atoms with Gasteiger partial charge in [-0.1, -0.05) is 54.1 Å². The van der Waals surface area contributed by atoms with Gasteiger partial charge in [0.05, 0.1) is 17.9 Å². The fourth-order valence-electron chi connectivity index (χ4n) is 3.17. The first kappa shape index (κ1) is 17.3. The van der Waals surface area contributed by atoms with Crippen molar-refractivity contribution in [1.29, 1.82) is 0 Å². The number of benzene rings is 2. The van der Waals surface area contributed by atoms with E-state index in [0.717, 1.165) is 11.1 Å². The van der Waals surface area contributed by atoms with Crippen molar-refractivity contribution in [3.05, 3.63) is 82.6 Å². The monoisotopic (exact) mass is 380 g/mol. The number of nitrogens with zero attached hydrogens (tertiary/aromatic N) is 3. The number of rotatable bonds is 4. The number of ether oxygens (including phenoxy) is 1. The van der Waals surface area contributed by atoms with Gasteiger partial charge in [0.2, 0.25) is 5.95 Å². The fraction of sp³-hybridized carbons (Fsp3) is 0.150. The van der Waals surface area contributed by atoms with Gasteiger partial charge in [0.25, 0.3) is 0 Å². The van der Waals surface area contributed by atoms with Crippen LogP contribution >= 0.6 is 11.6 Å². The van der Waals surface area contributed by atoms with Gasteiger partial charge >= 0.3 is 5.97 Å². The smallest absolute Gasteiger partial charge is 0.338 e. The number of aromatic nitrogens is 3. The molecule has 1 aliphatic rings. The molecule has 3 aromatic rings. The average molecular weight is 381 g/mol. The van der Waals surface area contributed by atoms with Gasteiger partial charge in [0, 0.05) is 5.02 Å². The zero-order valence-electron chi connectivity index (χ0n) is 14.6. The summed E-state index contributed by atoms with van der Waals surface area (Å²) in [5, 5.41) is 8.18. The second-order valence-electron chi connectivity index (χ2n) is 5.98. The normalized spacial score (nSPS) is 15.9. The molecule has 7 heteroatoms. The van der Waals surface area contributed by atoms with Crippen LogP contribution < -0.4 is 5.32 Å². The maximum atomic E-state index is 13.0. The van der Waals surface area contributed by atoms with E-state index in [9.17, 15) is 4.79 Å². The SMILES string of the molecule is CCOC(=O)C1=C(c2ccccc2)Nc2ncnn2[C@@H]1c1ccc(Cl)cc1. The fourth-order valence-corrected chi connectivity index (χ4v) is 3.30. The van der Waals surface area contributed by atoms with Crippen molar-refractivity contribution in [2.24, 2.45) is 0 Å². The Hall–Kier alpha value is -3.12. The Morgan fingerprint density at radius 1 is 1.19 bits per heavy atom. The van der Waals surface area contributed by atoms with Crippen molar-refractivity contribution < 1.29 is 9.53 Å². The molecule has 4 rings (SSSR count). The lowest BCUT2D eigenvalue weighted by Gasteiger charge is -2.29. The first-order chi connectivity index (χ1) is 13.2. The highest BCUT2D eigenvalue weighted by atomic mass is 35.5. The van der Waals surface area contributed by atoms with Gasteiger partial charge in [0.15, 0.2) is 0 Å². The molecule has 27 heavy (non-hydrogen) atoms. The van der Waals surface area contributed by atoms with E-state index >= 15 is 0 Å². The number of hydrogen-bond acceptors (Lipinski definition) is 5. The van der Waals surface area contributed by atoms with Crippen LogP contribution in [0.1, 0.15) is 24.1 Å². The molecule has 0 saturated carbocycles. The maximum Gasteiger partial charge on any atom is 0.338 e. The number of carbonyl (C=O) groups is 1. The largest absolute Gasteiger partial charge is 0.463 e. The van der Waals surface area contributed by atoms with Gasteiger partial charge in [-0.15, -0.1) is 0 Å². The van der Waals surface area contributed by atoms with E-state index in [1.165, 1.54) is 6.33 Å². The van der Waals surface area contributed by atoms with Gasteiger partial charge in [-0.3, -0.25) is 0 Å². The van der Waals surface area contributed by atoms with E-state index in [0.29, 0.717) is 22.2 Å². The summed E-state index contributed by atoms with van der Waals surface area (Å²) in [4.78, 5) is 17.3. The van der Waals surface area contributed by atoms with Crippen molar-refractivity contribution in [3.63, 3.8) is 0 Å². The molecule has 0 aliphatic carbocycles. The minimum atomic E-state index is -0.477. The van der Waals surface area contributed by atoms with Gasteiger partial charge in [-0.2, -0.15) is 10.1 Å². The second-order valence-corrected chi connectivity index (χ2v) is 6.42. The van der Waals surface area contributed by atoms with Crippen LogP contribution in [0.2, 0.25) is 5.02 Å². The Morgan fingerprint density at radius 2 is 1.93 bits per heavy atom. The molecule has 0 saturated heterocycles. The third-order valence-electron chi connectivity index (χ3n) is 4.34. The summed E-state index contributed by atoms with van der Waals surface area (Å²) in [5.74, 6) is 0.159. The van der Waals surface area contributed by atoms with Crippen LogP contribution in [0.5, 0.6) is 0 Å². The summed E-state index contributed by atoms with van der Waals surface area (Å²) < 4.78 is 7.06. The zero-order valence-corrected chi connectivity index (χ0v) is 15.3. The predicted octanol–water partition coefficient (Wildman–Crippen LogP) is 3.92. The Morgan fingerprint density at radius 3 is 2.63 bits per heavy atom. The molecule has 0 spiro atoms. The number of nitrogens with one attached hydrogen (secondary N) is 1. The maximum absolute atomic E-state index is 13.0. The van der Waals surface area contributed by atoms with Crippen LogP contribution in [0.15, 0.2) is 66.5 Å². The molecule has 0 radical (unpaired) electrons. The van der Waals surface area contributed by atoms with Gasteiger partial charge in [-0.05, 0) is 30.2 Å². The summed E-state index contributed by atoms with van der Waals surface area (Å²) in [7, 11) is 0. The molecule has 1 N–H and O–H groups in total. The van der Waals surface area contributed by atoms with Crippen LogP contribution in [-0.4, -0.2) is 27.3 Å². The molecular formula is C20H17ClN4O2. The van der Waals surface area contributed by atoms with Gasteiger partial charge < -0.3 is 10.1 Å². The summed E-state index contributed by atoms with van der Waals surface area (Å²) >= 11 is 6.05. The number of carbonyl (C=O) groups excluding carboxylic acids is 1. The molecule has 0 fully saturated rings. The molecule has 2 aromatic carbocycles. The molecule has 136 valence electrons. The van der Waals surface area contributed by atoms with Gasteiger partial charge in [-0.25, -0.2) is 9.48 Å². The topological polar surface area (TPSA) is 69.0 Å². The number of esters is 1. The van der Waals surface area contributed by atoms with E-state index in [-0.39, 0.29) is 6.61 Å². The second kappa shape index (κ2) is 7.25. The van der Waals surface area contributed by atoms with E-state index < -0.39 is 12.0 Å². The predicted molar refractivity (Wildman–Crippen MR) is 103 cm³/mol. The minimum Gasteiger partial charge on any atom is -0.463 e. The molecule has 1 aromatic heterocycles. The van der Waals surface area contributed by atoms with Crippen molar-refractivity contribution in [1.82, 2.24) is 14.8 Å². The van der Waals surface area contributed by atoms with Crippen molar-refractivity contribution >= 4 is 29.2 Å². The minimum absolute atomic E-state index is 0.280. The lowest BCUT2D eigenvalue weighted by Crippen LogP contribution is -2.30. The van der Waals surface area contributed by atoms with Crippen molar-refractivity contribution in [3.8, 4) is 0 Å². The summed E-state index contributed by atoms with van der Waals surface area (Å²) in [6, 6.07) is 16.5. The lowest BCUT2D eigenvalue weighted by atomic mass is 9.93. The molecule has 0 bridgehead atoms. The Balaban J connectivity index is 1.95. The molecule has 0 amide bonds. The molecule has 6 nitrogen and oxygen atoms in total. The Bertz CT molecular complexity index is 996. The highest BCUT2D eigenvalue weighted by Crippen LogP contribution is 2.38. The third kappa shape index (κ3) is 3.19. The van der Waals surface area contributed by atoms with Crippen LogP contribution in [0.4, 0.5) is 5.95 Å². The standard InChI is InChI=1S/C20H17ClN4O2/c1-2-27-19(26)16-17(13-6-4-3-5-7-13)24-20-22-12-23-25(20)18(16)14-8-10-15(21)11-9-14/h3-12,18H,2H2,1H3,(H,22,23,24)/t18-/m1/s1. The average Bonchev–Trinajstić information content (AvgIpc) is 3.16. The van der Waals surface area contributed by atoms with E-state index in [4.69, 9.17) is 16.3 Å². The summed E-state index contributed by atoms with van der Waals surface area (Å²) in [5.41, 5.74) is 2.87. The Labute approximate surface area is 161 Å². The van der Waals surface area contributed by atoms with Crippen LogP contribution in [0.25, 0.3) is 5.70 Å². The number of anilines is 1. The van der Waals surface area contributed by atoms with Crippen LogP contribution in [-0.2, 0) is 9.53 Å². The van der Waals surface area contributed by atoms with Crippen LogP contribution in [0.3, 0.4) is 0 Å². The summed E-state index contributed by atoms with van der Waals surface area (Å²) in [6.45, 7) is 2.07.